The van der Waals surface area contributed by atoms with Gasteiger partial charge in [-0.3, -0.25) is 9.59 Å². The third-order valence-corrected chi connectivity index (χ3v) is 4.37. The molecule has 5 nitrogen and oxygen atoms in total. The highest BCUT2D eigenvalue weighted by Crippen LogP contribution is 2.20. The van der Waals surface area contributed by atoms with Gasteiger partial charge in [0, 0.05) is 20.3 Å². The number of unbranched alkanes of at least 4 members (excludes halogenated alkanes) is 2. The maximum atomic E-state index is 12.6. The van der Waals surface area contributed by atoms with Gasteiger partial charge in [0.25, 0.3) is 0 Å². The van der Waals surface area contributed by atoms with Crippen LogP contribution in [0.15, 0.2) is 0 Å². The Morgan fingerprint density at radius 1 is 1.24 bits per heavy atom. The molecule has 0 saturated carbocycles. The molecule has 0 aromatic rings. The fourth-order valence-corrected chi connectivity index (χ4v) is 2.78. The zero-order valence-electron chi connectivity index (χ0n) is 13.9. The van der Waals surface area contributed by atoms with Gasteiger partial charge in [0.1, 0.15) is 12.1 Å². The quantitative estimate of drug-likeness (QED) is 0.662. The maximum Gasteiger partial charge on any atom is 0.246 e. The van der Waals surface area contributed by atoms with Gasteiger partial charge < -0.3 is 15.0 Å². The van der Waals surface area contributed by atoms with Crippen LogP contribution in [0.4, 0.5) is 0 Å². The summed E-state index contributed by atoms with van der Waals surface area (Å²) < 4.78 is 5.03. The minimum atomic E-state index is -0.357. The van der Waals surface area contributed by atoms with Crippen molar-refractivity contribution in [3.63, 3.8) is 0 Å². The normalized spacial score (nSPS) is 24.1. The fourth-order valence-electron chi connectivity index (χ4n) is 2.78. The Morgan fingerprint density at radius 2 is 1.95 bits per heavy atom. The van der Waals surface area contributed by atoms with E-state index in [1.165, 1.54) is 0 Å². The average Bonchev–Trinajstić information content (AvgIpc) is 2.49. The van der Waals surface area contributed by atoms with Crippen molar-refractivity contribution in [3.8, 4) is 0 Å². The smallest absolute Gasteiger partial charge is 0.246 e. The summed E-state index contributed by atoms with van der Waals surface area (Å²) in [6.07, 6.45) is 4.49. The number of rotatable bonds is 9. The van der Waals surface area contributed by atoms with E-state index in [9.17, 15) is 9.59 Å². The number of carbonyl (C=O) groups excluding carboxylic acids is 2. The van der Waals surface area contributed by atoms with Crippen LogP contribution in [0.2, 0.25) is 0 Å². The van der Waals surface area contributed by atoms with Crippen LogP contribution >= 0.6 is 0 Å². The predicted molar refractivity (Wildman–Crippen MR) is 82.9 cm³/mol. The second-order valence-corrected chi connectivity index (χ2v) is 5.88. The SMILES string of the molecule is CCC(C)C1NC(=O)C(CC)N(CCCCCOC)C1=O. The number of nitrogens with zero attached hydrogens (tertiary/aromatic N) is 1. The number of methoxy groups -OCH3 is 1. The van der Waals surface area contributed by atoms with Crippen LogP contribution in [0.1, 0.15) is 52.9 Å². The molecule has 0 radical (unpaired) electrons. The zero-order chi connectivity index (χ0) is 15.8. The molecule has 122 valence electrons. The van der Waals surface area contributed by atoms with Crippen LogP contribution in [-0.4, -0.2) is 49.1 Å². The zero-order valence-corrected chi connectivity index (χ0v) is 13.9. The average molecular weight is 298 g/mol. The molecule has 1 N–H and O–H groups in total. The number of hydrogen-bond acceptors (Lipinski definition) is 3. The van der Waals surface area contributed by atoms with E-state index >= 15 is 0 Å². The van der Waals surface area contributed by atoms with E-state index in [0.717, 1.165) is 32.3 Å². The highest BCUT2D eigenvalue weighted by atomic mass is 16.5. The molecule has 0 bridgehead atoms. The minimum Gasteiger partial charge on any atom is -0.385 e. The van der Waals surface area contributed by atoms with Gasteiger partial charge >= 0.3 is 0 Å². The molecular formula is C16H30N2O3. The fraction of sp³-hybridized carbons (Fsp3) is 0.875. The van der Waals surface area contributed by atoms with Crippen molar-refractivity contribution in [2.24, 2.45) is 5.92 Å². The second-order valence-electron chi connectivity index (χ2n) is 5.88. The van der Waals surface area contributed by atoms with Crippen molar-refractivity contribution >= 4 is 11.8 Å². The Bertz CT molecular complexity index is 346. The molecule has 21 heavy (non-hydrogen) atoms. The van der Waals surface area contributed by atoms with E-state index < -0.39 is 0 Å². The van der Waals surface area contributed by atoms with Crippen molar-refractivity contribution in [1.29, 1.82) is 0 Å². The molecule has 0 spiro atoms. The molecule has 2 amide bonds. The third-order valence-electron chi connectivity index (χ3n) is 4.37. The Hall–Kier alpha value is -1.10. The highest BCUT2D eigenvalue weighted by Gasteiger charge is 2.40. The summed E-state index contributed by atoms with van der Waals surface area (Å²) in [5.41, 5.74) is 0. The first-order valence-corrected chi connectivity index (χ1v) is 8.16. The Kier molecular flexibility index (Phi) is 7.72. The second kappa shape index (κ2) is 9.03. The van der Waals surface area contributed by atoms with Gasteiger partial charge in [0.05, 0.1) is 0 Å². The minimum absolute atomic E-state index is 0.000656. The summed E-state index contributed by atoms with van der Waals surface area (Å²) in [7, 11) is 1.70. The molecule has 0 aromatic heterocycles. The first-order chi connectivity index (χ1) is 10.1. The summed E-state index contributed by atoms with van der Waals surface area (Å²) >= 11 is 0. The molecule has 5 heteroatoms. The number of piperazine rings is 1. The van der Waals surface area contributed by atoms with E-state index in [1.807, 2.05) is 20.8 Å². The van der Waals surface area contributed by atoms with E-state index in [-0.39, 0.29) is 29.8 Å². The summed E-state index contributed by atoms with van der Waals surface area (Å²) in [4.78, 5) is 26.7. The standard InChI is InChI=1S/C16H30N2O3/c1-5-12(3)14-16(20)18(10-8-7-9-11-21-4)13(6-2)15(19)17-14/h12-14H,5-11H2,1-4H3,(H,17,19). The number of hydrogen-bond donors (Lipinski definition) is 1. The Morgan fingerprint density at radius 3 is 2.52 bits per heavy atom. The number of nitrogens with one attached hydrogen (secondary N) is 1. The molecule has 1 fully saturated rings. The molecule has 1 aliphatic rings. The molecule has 3 unspecified atom stereocenters. The first-order valence-electron chi connectivity index (χ1n) is 8.16. The molecule has 1 aliphatic heterocycles. The third kappa shape index (κ3) is 4.70. The first kappa shape index (κ1) is 18.0. The lowest BCUT2D eigenvalue weighted by molar-refractivity contribution is -0.151. The molecule has 1 saturated heterocycles. The maximum absolute atomic E-state index is 12.6. The van der Waals surface area contributed by atoms with Gasteiger partial charge in [0.15, 0.2) is 0 Å². The predicted octanol–water partition coefficient (Wildman–Crippen LogP) is 1.95. The van der Waals surface area contributed by atoms with E-state index in [2.05, 4.69) is 5.32 Å². The van der Waals surface area contributed by atoms with Gasteiger partial charge in [-0.2, -0.15) is 0 Å². The van der Waals surface area contributed by atoms with E-state index in [0.29, 0.717) is 13.0 Å². The van der Waals surface area contributed by atoms with Crippen LogP contribution < -0.4 is 5.32 Å². The summed E-state index contributed by atoms with van der Waals surface area (Å²) in [5, 5.41) is 2.91. The monoisotopic (exact) mass is 298 g/mol. The summed E-state index contributed by atoms with van der Waals surface area (Å²) in [5.74, 6) is 0.261. The lowest BCUT2D eigenvalue weighted by Gasteiger charge is -2.40. The Labute approximate surface area is 128 Å². The molecular weight excluding hydrogens is 268 g/mol. The molecule has 0 aliphatic carbocycles. The number of amides is 2. The van der Waals surface area contributed by atoms with Gasteiger partial charge in [-0.1, -0.05) is 27.2 Å². The molecule has 1 heterocycles. The van der Waals surface area contributed by atoms with Crippen molar-refractivity contribution in [2.45, 2.75) is 65.0 Å². The lowest BCUT2D eigenvalue weighted by Crippen LogP contribution is -2.64. The molecule has 1 rings (SSSR count). The highest BCUT2D eigenvalue weighted by molar-refractivity contribution is 5.97. The largest absolute Gasteiger partial charge is 0.385 e. The van der Waals surface area contributed by atoms with Gasteiger partial charge in [-0.05, 0) is 31.6 Å². The van der Waals surface area contributed by atoms with Crippen molar-refractivity contribution < 1.29 is 14.3 Å². The van der Waals surface area contributed by atoms with Crippen LogP contribution in [0.3, 0.4) is 0 Å². The topological polar surface area (TPSA) is 58.6 Å². The number of ether oxygens (including phenoxy) is 1. The molecule has 3 atom stereocenters. The van der Waals surface area contributed by atoms with Gasteiger partial charge in [-0.15, -0.1) is 0 Å². The van der Waals surface area contributed by atoms with E-state index in [1.54, 1.807) is 12.0 Å². The van der Waals surface area contributed by atoms with Crippen molar-refractivity contribution in [3.05, 3.63) is 0 Å². The van der Waals surface area contributed by atoms with Gasteiger partial charge in [0.2, 0.25) is 11.8 Å². The summed E-state index contributed by atoms with van der Waals surface area (Å²) in [6.45, 7) is 7.44. The van der Waals surface area contributed by atoms with Gasteiger partial charge in [-0.25, -0.2) is 0 Å². The molecule has 0 aromatic carbocycles. The van der Waals surface area contributed by atoms with E-state index in [4.69, 9.17) is 4.74 Å². The Balaban J connectivity index is 2.65. The number of carbonyl (C=O) groups is 2. The summed E-state index contributed by atoms with van der Waals surface area (Å²) in [6, 6.07) is -0.662. The van der Waals surface area contributed by atoms with Crippen molar-refractivity contribution in [1.82, 2.24) is 10.2 Å². The van der Waals surface area contributed by atoms with Crippen LogP contribution in [0, 0.1) is 5.92 Å². The van der Waals surface area contributed by atoms with Crippen LogP contribution in [0.5, 0.6) is 0 Å². The van der Waals surface area contributed by atoms with Crippen LogP contribution in [-0.2, 0) is 14.3 Å². The van der Waals surface area contributed by atoms with Crippen molar-refractivity contribution in [2.75, 3.05) is 20.3 Å². The lowest BCUT2D eigenvalue weighted by atomic mass is 9.93. The van der Waals surface area contributed by atoms with Crippen LogP contribution in [0.25, 0.3) is 0 Å².